The van der Waals surface area contributed by atoms with Gasteiger partial charge in [-0.25, -0.2) is 9.18 Å². The third kappa shape index (κ3) is 4.45. The molecule has 0 atom stereocenters. The molecule has 0 fully saturated rings. The zero-order valence-corrected chi connectivity index (χ0v) is 11.9. The molecule has 3 amide bonds. The molecule has 0 radical (unpaired) electrons. The van der Waals surface area contributed by atoms with Crippen LogP contribution in [-0.2, 0) is 6.18 Å². The number of rotatable bonds is 3. The number of carbonyl (C=O) groups excluding carboxylic acids is 2. The van der Waals surface area contributed by atoms with Gasteiger partial charge in [0.2, 0.25) is 0 Å². The highest BCUT2D eigenvalue weighted by molar-refractivity contribution is 6.04. The van der Waals surface area contributed by atoms with Crippen LogP contribution in [-0.4, -0.2) is 11.9 Å². The topological polar surface area (TPSA) is 84.2 Å². The molecular weight excluding hydrogens is 330 g/mol. The van der Waals surface area contributed by atoms with E-state index < -0.39 is 35.1 Å². The molecule has 4 N–H and O–H groups in total. The number of halogens is 4. The Morgan fingerprint density at radius 1 is 0.958 bits per heavy atom. The molecule has 2 aromatic carbocycles. The Labute approximate surface area is 133 Å². The van der Waals surface area contributed by atoms with Crippen LogP contribution in [0, 0.1) is 5.82 Å². The van der Waals surface area contributed by atoms with Gasteiger partial charge in [0.15, 0.2) is 0 Å². The molecule has 9 heteroatoms. The van der Waals surface area contributed by atoms with Crippen LogP contribution in [0.2, 0.25) is 0 Å². The summed E-state index contributed by atoms with van der Waals surface area (Å²) in [4.78, 5) is 22.8. The van der Waals surface area contributed by atoms with Crippen molar-refractivity contribution in [3.63, 3.8) is 0 Å². The number of alkyl halides is 3. The number of amides is 3. The summed E-state index contributed by atoms with van der Waals surface area (Å²) in [5, 5.41) is 4.59. The highest BCUT2D eigenvalue weighted by atomic mass is 19.4. The van der Waals surface area contributed by atoms with Gasteiger partial charge in [0.1, 0.15) is 5.82 Å². The van der Waals surface area contributed by atoms with E-state index in [-0.39, 0.29) is 11.4 Å². The maximum atomic E-state index is 13.3. The van der Waals surface area contributed by atoms with Gasteiger partial charge in [0, 0.05) is 16.9 Å². The van der Waals surface area contributed by atoms with Crippen molar-refractivity contribution in [2.24, 2.45) is 5.73 Å². The molecule has 0 aliphatic heterocycles. The maximum absolute atomic E-state index is 13.3. The predicted molar refractivity (Wildman–Crippen MR) is 79.0 cm³/mol. The van der Waals surface area contributed by atoms with Gasteiger partial charge < -0.3 is 16.4 Å². The lowest BCUT2D eigenvalue weighted by atomic mass is 10.1. The van der Waals surface area contributed by atoms with Gasteiger partial charge in [-0.1, -0.05) is 6.07 Å². The third-order valence-corrected chi connectivity index (χ3v) is 2.88. The molecular formula is C15H11F4N3O2. The van der Waals surface area contributed by atoms with Crippen molar-refractivity contribution in [1.82, 2.24) is 0 Å². The number of primary amides is 1. The van der Waals surface area contributed by atoms with E-state index in [2.05, 4.69) is 10.6 Å². The van der Waals surface area contributed by atoms with E-state index in [1.54, 1.807) is 0 Å². The van der Waals surface area contributed by atoms with Crippen LogP contribution in [0.4, 0.5) is 33.7 Å². The summed E-state index contributed by atoms with van der Waals surface area (Å²) < 4.78 is 51.3. The normalized spacial score (nSPS) is 11.0. The summed E-state index contributed by atoms with van der Waals surface area (Å²) in [7, 11) is 0. The van der Waals surface area contributed by atoms with E-state index in [1.807, 2.05) is 0 Å². The van der Waals surface area contributed by atoms with Gasteiger partial charge >= 0.3 is 12.2 Å². The minimum absolute atomic E-state index is 0.184. The molecule has 0 unspecified atom stereocenters. The maximum Gasteiger partial charge on any atom is 0.416 e. The van der Waals surface area contributed by atoms with Gasteiger partial charge in [0.05, 0.1) is 5.56 Å². The third-order valence-electron chi connectivity index (χ3n) is 2.88. The SMILES string of the molecule is NC(=O)Nc1cccc(NC(=O)c2cc(F)cc(C(F)(F)F)c2)c1. The minimum Gasteiger partial charge on any atom is -0.351 e. The quantitative estimate of drug-likeness (QED) is 0.746. The van der Waals surface area contributed by atoms with Gasteiger partial charge in [-0.3, -0.25) is 4.79 Å². The largest absolute Gasteiger partial charge is 0.416 e. The monoisotopic (exact) mass is 341 g/mol. The summed E-state index contributed by atoms with van der Waals surface area (Å²) >= 11 is 0. The van der Waals surface area contributed by atoms with E-state index in [4.69, 9.17) is 5.73 Å². The smallest absolute Gasteiger partial charge is 0.351 e. The van der Waals surface area contributed by atoms with Crippen molar-refractivity contribution in [3.8, 4) is 0 Å². The molecule has 0 bridgehead atoms. The van der Waals surface area contributed by atoms with Gasteiger partial charge in [-0.15, -0.1) is 0 Å². The molecule has 126 valence electrons. The van der Waals surface area contributed by atoms with E-state index in [9.17, 15) is 27.2 Å². The van der Waals surface area contributed by atoms with Crippen molar-refractivity contribution in [3.05, 3.63) is 59.4 Å². The Kier molecular flexibility index (Phi) is 4.72. The summed E-state index contributed by atoms with van der Waals surface area (Å²) in [6, 6.07) is 6.46. The summed E-state index contributed by atoms with van der Waals surface area (Å²) in [5.74, 6) is -2.12. The molecule has 24 heavy (non-hydrogen) atoms. The van der Waals surface area contributed by atoms with Gasteiger partial charge in [0.25, 0.3) is 5.91 Å². The molecule has 0 saturated heterocycles. The highest BCUT2D eigenvalue weighted by Crippen LogP contribution is 2.30. The highest BCUT2D eigenvalue weighted by Gasteiger charge is 2.32. The molecule has 5 nitrogen and oxygen atoms in total. The number of hydrogen-bond donors (Lipinski definition) is 3. The van der Waals surface area contributed by atoms with Crippen LogP contribution < -0.4 is 16.4 Å². The second-order valence-electron chi connectivity index (χ2n) is 4.75. The van der Waals surface area contributed by atoms with E-state index in [0.29, 0.717) is 18.2 Å². The fraction of sp³-hybridized carbons (Fsp3) is 0.0667. The molecule has 0 aliphatic rings. The summed E-state index contributed by atoms with van der Waals surface area (Å²) in [6.45, 7) is 0. The fourth-order valence-electron chi connectivity index (χ4n) is 1.90. The molecule has 0 saturated carbocycles. The Morgan fingerprint density at radius 3 is 2.17 bits per heavy atom. The lowest BCUT2D eigenvalue weighted by Gasteiger charge is -2.11. The zero-order valence-electron chi connectivity index (χ0n) is 11.9. The second kappa shape index (κ2) is 6.57. The molecule has 2 aromatic rings. The van der Waals surface area contributed by atoms with Crippen LogP contribution in [0.1, 0.15) is 15.9 Å². The number of nitrogens with two attached hydrogens (primary N) is 1. The fourth-order valence-corrected chi connectivity index (χ4v) is 1.90. The lowest BCUT2D eigenvalue weighted by molar-refractivity contribution is -0.137. The van der Waals surface area contributed by atoms with E-state index >= 15 is 0 Å². The first kappa shape index (κ1) is 17.3. The van der Waals surface area contributed by atoms with Crippen LogP contribution in [0.15, 0.2) is 42.5 Å². The predicted octanol–water partition coefficient (Wildman–Crippen LogP) is 3.59. The summed E-state index contributed by atoms with van der Waals surface area (Å²) in [5.41, 5.74) is 3.66. The number of nitrogens with one attached hydrogen (secondary N) is 2. The summed E-state index contributed by atoms with van der Waals surface area (Å²) in [6.07, 6.45) is -4.78. The standard InChI is InChI=1S/C15H11F4N3O2/c16-10-5-8(4-9(6-10)15(17,18)19)13(23)21-11-2-1-3-12(7-11)22-14(20)24/h1-7H,(H,21,23)(H3,20,22,24). The Bertz CT molecular complexity index is 791. The van der Waals surface area contributed by atoms with Crippen molar-refractivity contribution < 1.29 is 27.2 Å². The lowest BCUT2D eigenvalue weighted by Crippen LogP contribution is -2.19. The van der Waals surface area contributed by atoms with Crippen LogP contribution in [0.5, 0.6) is 0 Å². The molecule has 0 aliphatic carbocycles. The molecule has 0 spiro atoms. The average molecular weight is 341 g/mol. The van der Waals surface area contributed by atoms with Crippen molar-refractivity contribution >= 4 is 23.3 Å². The van der Waals surface area contributed by atoms with Crippen LogP contribution in [0.25, 0.3) is 0 Å². The van der Waals surface area contributed by atoms with Crippen LogP contribution >= 0.6 is 0 Å². The molecule has 0 aromatic heterocycles. The molecule has 0 heterocycles. The number of hydrogen-bond acceptors (Lipinski definition) is 2. The first-order valence-corrected chi connectivity index (χ1v) is 6.51. The number of anilines is 2. The number of benzene rings is 2. The first-order valence-electron chi connectivity index (χ1n) is 6.51. The van der Waals surface area contributed by atoms with Crippen molar-refractivity contribution in [2.75, 3.05) is 10.6 Å². The molecule has 2 rings (SSSR count). The van der Waals surface area contributed by atoms with Crippen molar-refractivity contribution in [1.29, 1.82) is 0 Å². The van der Waals surface area contributed by atoms with E-state index in [1.165, 1.54) is 24.3 Å². The second-order valence-corrected chi connectivity index (χ2v) is 4.75. The number of urea groups is 1. The van der Waals surface area contributed by atoms with E-state index in [0.717, 1.165) is 0 Å². The van der Waals surface area contributed by atoms with Crippen LogP contribution in [0.3, 0.4) is 0 Å². The first-order chi connectivity index (χ1) is 11.1. The zero-order chi connectivity index (χ0) is 17.9. The van der Waals surface area contributed by atoms with Gasteiger partial charge in [-0.2, -0.15) is 13.2 Å². The minimum atomic E-state index is -4.78. The Morgan fingerprint density at radius 2 is 1.58 bits per heavy atom. The van der Waals surface area contributed by atoms with Gasteiger partial charge in [-0.05, 0) is 36.4 Å². The van der Waals surface area contributed by atoms with Crippen molar-refractivity contribution in [2.45, 2.75) is 6.18 Å². The Hall–Kier alpha value is -3.10. The number of carbonyl (C=O) groups is 2. The Balaban J connectivity index is 2.24. The average Bonchev–Trinajstić information content (AvgIpc) is 2.45.